The van der Waals surface area contributed by atoms with Gasteiger partial charge in [0, 0.05) is 17.7 Å². The Morgan fingerprint density at radius 2 is 1.73 bits per heavy atom. The molecule has 0 fully saturated rings. The highest BCUT2D eigenvalue weighted by molar-refractivity contribution is 5.63. The Morgan fingerprint density at radius 1 is 1.05 bits per heavy atom. The largest absolute Gasteiger partial charge is 0.212 e. The molecule has 0 N–H and O–H groups in total. The Morgan fingerprint density at radius 3 is 2.32 bits per heavy atom. The van der Waals surface area contributed by atoms with Crippen molar-refractivity contribution in [2.24, 2.45) is 13.0 Å². The van der Waals surface area contributed by atoms with E-state index in [1.54, 1.807) is 0 Å². The number of nitrogens with zero attached hydrogens (tertiary/aromatic N) is 1. The van der Waals surface area contributed by atoms with Crippen LogP contribution in [0.3, 0.4) is 0 Å². The Bertz CT molecular complexity index is 660. The van der Waals surface area contributed by atoms with Gasteiger partial charge in [0.2, 0.25) is 5.69 Å². The Balaban J connectivity index is 2.55. The van der Waals surface area contributed by atoms with E-state index in [9.17, 15) is 0 Å². The van der Waals surface area contributed by atoms with Gasteiger partial charge >= 0.3 is 0 Å². The molecule has 1 heteroatoms. The molecule has 0 aliphatic rings. The minimum absolute atomic E-state index is 0.177. The monoisotopic (exact) mass is 296 g/mol. The fourth-order valence-electron chi connectivity index (χ4n) is 2.84. The van der Waals surface area contributed by atoms with Crippen molar-refractivity contribution in [3.63, 3.8) is 0 Å². The van der Waals surface area contributed by atoms with Crippen molar-refractivity contribution in [3.05, 3.63) is 53.2 Å². The van der Waals surface area contributed by atoms with Crippen molar-refractivity contribution in [2.45, 2.75) is 53.4 Å². The van der Waals surface area contributed by atoms with Crippen molar-refractivity contribution in [2.75, 3.05) is 0 Å². The van der Waals surface area contributed by atoms with E-state index in [2.05, 4.69) is 89.7 Å². The van der Waals surface area contributed by atoms with Crippen LogP contribution in [-0.2, 0) is 18.9 Å². The van der Waals surface area contributed by atoms with Gasteiger partial charge in [-0.3, -0.25) is 0 Å². The summed E-state index contributed by atoms with van der Waals surface area (Å²) >= 11 is 0. The van der Waals surface area contributed by atoms with Crippen LogP contribution in [0.4, 0.5) is 0 Å². The van der Waals surface area contributed by atoms with E-state index in [0.717, 1.165) is 6.42 Å². The second kappa shape index (κ2) is 6.24. The maximum absolute atomic E-state index is 2.36. The first-order valence-corrected chi connectivity index (χ1v) is 8.28. The summed E-state index contributed by atoms with van der Waals surface area (Å²) in [5.41, 5.74) is 6.98. The molecule has 0 saturated carbocycles. The average molecular weight is 296 g/mol. The summed E-state index contributed by atoms with van der Waals surface area (Å²) in [5, 5.41) is 0. The number of aromatic nitrogens is 1. The molecule has 1 aromatic carbocycles. The van der Waals surface area contributed by atoms with Crippen LogP contribution < -0.4 is 4.57 Å². The van der Waals surface area contributed by atoms with E-state index in [1.165, 1.54) is 27.9 Å². The predicted molar refractivity (Wildman–Crippen MR) is 95.0 cm³/mol. The van der Waals surface area contributed by atoms with Crippen LogP contribution in [0.25, 0.3) is 11.3 Å². The molecule has 2 aromatic rings. The van der Waals surface area contributed by atoms with Crippen LogP contribution in [0.2, 0.25) is 0 Å². The third kappa shape index (κ3) is 3.76. The molecule has 0 aliphatic heterocycles. The van der Waals surface area contributed by atoms with Crippen molar-refractivity contribution < 1.29 is 4.57 Å². The smallest absolute Gasteiger partial charge is 0.201 e. The summed E-state index contributed by atoms with van der Waals surface area (Å²) in [4.78, 5) is 0. The first kappa shape index (κ1) is 16.7. The van der Waals surface area contributed by atoms with Crippen LogP contribution in [0.1, 0.15) is 51.3 Å². The maximum Gasteiger partial charge on any atom is 0.212 e. The van der Waals surface area contributed by atoms with Crippen molar-refractivity contribution in [1.82, 2.24) is 0 Å². The van der Waals surface area contributed by atoms with Crippen molar-refractivity contribution >= 4 is 0 Å². The highest BCUT2D eigenvalue weighted by Crippen LogP contribution is 2.29. The zero-order chi connectivity index (χ0) is 16.5. The van der Waals surface area contributed by atoms with Gasteiger partial charge in [-0.05, 0) is 47.4 Å². The number of aryl methyl sites for hydroxylation is 2. The van der Waals surface area contributed by atoms with E-state index < -0.39 is 0 Å². The second-order valence-corrected chi connectivity index (χ2v) is 7.91. The average Bonchev–Trinajstić information content (AvgIpc) is 2.40. The third-order valence-electron chi connectivity index (χ3n) is 4.24. The molecule has 0 atom stereocenters. The lowest BCUT2D eigenvalue weighted by Crippen LogP contribution is -2.31. The van der Waals surface area contributed by atoms with Gasteiger partial charge in [-0.15, -0.1) is 0 Å². The normalized spacial score (nSPS) is 12.0. The number of hydrogen-bond acceptors (Lipinski definition) is 0. The maximum atomic E-state index is 2.36. The lowest BCUT2D eigenvalue weighted by molar-refractivity contribution is -0.660. The Hall–Kier alpha value is -1.63. The molecule has 22 heavy (non-hydrogen) atoms. The fourth-order valence-corrected chi connectivity index (χ4v) is 2.84. The van der Waals surface area contributed by atoms with Crippen LogP contribution in [0, 0.1) is 12.8 Å². The molecule has 0 saturated heterocycles. The zero-order valence-electron chi connectivity index (χ0n) is 15.2. The molecule has 1 heterocycles. The Kier molecular flexibility index (Phi) is 4.75. The van der Waals surface area contributed by atoms with Gasteiger partial charge in [-0.25, -0.2) is 4.57 Å². The van der Waals surface area contributed by atoms with Gasteiger partial charge in [-0.1, -0.05) is 46.8 Å². The Labute approximate surface area is 136 Å². The van der Waals surface area contributed by atoms with Crippen molar-refractivity contribution in [3.8, 4) is 11.3 Å². The summed E-state index contributed by atoms with van der Waals surface area (Å²) in [7, 11) is 2.14. The molecular formula is C21H30N+. The van der Waals surface area contributed by atoms with Gasteiger partial charge < -0.3 is 0 Å². The molecule has 118 valence electrons. The predicted octanol–water partition coefficient (Wildman–Crippen LogP) is 4.98. The molecule has 0 aliphatic carbocycles. The molecule has 0 unspecified atom stereocenters. The van der Waals surface area contributed by atoms with E-state index in [0.29, 0.717) is 5.92 Å². The molecular weight excluding hydrogens is 266 g/mol. The summed E-state index contributed by atoms with van der Waals surface area (Å²) in [6.07, 6.45) is 3.32. The van der Waals surface area contributed by atoms with Crippen LogP contribution in [0.5, 0.6) is 0 Å². The molecule has 1 nitrogen and oxygen atoms in total. The number of benzene rings is 1. The first-order chi connectivity index (χ1) is 10.2. The standard InChI is InChI=1S/C21H30N/c1-15(2)12-17-10-11-22(7)20(13-17)19-14-18(21(4,5)6)9-8-16(19)3/h8-11,13-15H,12H2,1-7H3/q+1. The summed E-state index contributed by atoms with van der Waals surface area (Å²) in [6.45, 7) is 13.6. The minimum Gasteiger partial charge on any atom is -0.201 e. The fraction of sp³-hybridized carbons (Fsp3) is 0.476. The van der Waals surface area contributed by atoms with Gasteiger partial charge in [0.15, 0.2) is 6.20 Å². The topological polar surface area (TPSA) is 3.88 Å². The van der Waals surface area contributed by atoms with E-state index in [-0.39, 0.29) is 5.41 Å². The summed E-state index contributed by atoms with van der Waals surface area (Å²) in [6, 6.07) is 11.5. The van der Waals surface area contributed by atoms with Gasteiger partial charge in [0.05, 0.1) is 0 Å². The minimum atomic E-state index is 0.177. The quantitative estimate of drug-likeness (QED) is 0.703. The highest BCUT2D eigenvalue weighted by Gasteiger charge is 2.19. The lowest BCUT2D eigenvalue weighted by atomic mass is 9.84. The number of rotatable bonds is 3. The SMILES string of the molecule is Cc1ccc(C(C)(C)C)cc1-c1cc(CC(C)C)cc[n+]1C. The summed E-state index contributed by atoms with van der Waals surface area (Å²) in [5.74, 6) is 0.683. The lowest BCUT2D eigenvalue weighted by Gasteiger charge is -2.20. The van der Waals surface area contributed by atoms with Crippen LogP contribution >= 0.6 is 0 Å². The zero-order valence-corrected chi connectivity index (χ0v) is 15.2. The van der Waals surface area contributed by atoms with Gasteiger partial charge in [0.1, 0.15) is 7.05 Å². The van der Waals surface area contributed by atoms with E-state index >= 15 is 0 Å². The van der Waals surface area contributed by atoms with E-state index in [1.807, 2.05) is 0 Å². The first-order valence-electron chi connectivity index (χ1n) is 8.28. The second-order valence-electron chi connectivity index (χ2n) is 7.91. The van der Waals surface area contributed by atoms with Crippen LogP contribution in [-0.4, -0.2) is 0 Å². The van der Waals surface area contributed by atoms with E-state index in [4.69, 9.17) is 0 Å². The molecule has 0 amide bonds. The molecule has 0 spiro atoms. The number of pyridine rings is 1. The van der Waals surface area contributed by atoms with Crippen molar-refractivity contribution in [1.29, 1.82) is 0 Å². The van der Waals surface area contributed by atoms with Crippen LogP contribution in [0.15, 0.2) is 36.5 Å². The molecule has 0 radical (unpaired) electrons. The molecule has 2 rings (SSSR count). The summed E-state index contributed by atoms with van der Waals surface area (Å²) < 4.78 is 2.23. The molecule has 0 bridgehead atoms. The molecule has 1 aromatic heterocycles. The van der Waals surface area contributed by atoms with Gasteiger partial charge in [0.25, 0.3) is 0 Å². The third-order valence-corrected chi connectivity index (χ3v) is 4.24. The highest BCUT2D eigenvalue weighted by atomic mass is 14.9. The number of hydrogen-bond donors (Lipinski definition) is 0. The van der Waals surface area contributed by atoms with Gasteiger partial charge in [-0.2, -0.15) is 0 Å².